The molecule has 0 bridgehead atoms. The number of carbonyl (C=O) groups is 1. The first-order valence-electron chi connectivity index (χ1n) is 9.28. The van der Waals surface area contributed by atoms with Crippen LogP contribution in [0.25, 0.3) is 0 Å². The van der Waals surface area contributed by atoms with Gasteiger partial charge in [-0.3, -0.25) is 9.10 Å². The van der Waals surface area contributed by atoms with Gasteiger partial charge in [-0.25, -0.2) is 8.42 Å². The molecule has 2 aromatic carbocycles. The van der Waals surface area contributed by atoms with Crippen LogP contribution in [0.3, 0.4) is 0 Å². The van der Waals surface area contributed by atoms with Crippen molar-refractivity contribution in [3.63, 3.8) is 0 Å². The van der Waals surface area contributed by atoms with Crippen LogP contribution in [0.4, 0.5) is 11.4 Å². The highest BCUT2D eigenvalue weighted by atomic mass is 35.5. The van der Waals surface area contributed by atoms with Crippen molar-refractivity contribution in [3.8, 4) is 17.2 Å². The molecule has 0 aromatic heterocycles. The van der Waals surface area contributed by atoms with Gasteiger partial charge in [0.05, 0.1) is 24.7 Å². The normalized spacial score (nSPS) is 12.9. The SMILES string of the molecule is COc1ccc(Cl)cc1NC(=O)CCCN(c1ccc2c(c1)OCCO2)S(C)(=O)=O. The van der Waals surface area contributed by atoms with Crippen LogP contribution in [-0.2, 0) is 14.8 Å². The number of carbonyl (C=O) groups excluding carboxylic acids is 1. The summed E-state index contributed by atoms with van der Waals surface area (Å²) < 4.78 is 42.1. The molecule has 0 saturated carbocycles. The van der Waals surface area contributed by atoms with Crippen LogP contribution in [0, 0.1) is 0 Å². The van der Waals surface area contributed by atoms with E-state index < -0.39 is 10.0 Å². The van der Waals surface area contributed by atoms with Crippen LogP contribution in [0.5, 0.6) is 17.2 Å². The van der Waals surface area contributed by atoms with E-state index in [1.54, 1.807) is 36.4 Å². The predicted molar refractivity (Wildman–Crippen MR) is 115 cm³/mol. The van der Waals surface area contributed by atoms with Crippen molar-refractivity contribution in [2.24, 2.45) is 0 Å². The number of rotatable bonds is 8. The summed E-state index contributed by atoms with van der Waals surface area (Å²) in [6.45, 7) is 0.996. The summed E-state index contributed by atoms with van der Waals surface area (Å²) in [7, 11) is -2.05. The molecule has 1 heterocycles. The second-order valence-electron chi connectivity index (χ2n) is 6.66. The first kappa shape index (κ1) is 22.0. The number of amides is 1. The molecule has 0 spiro atoms. The number of anilines is 2. The molecule has 1 amide bonds. The fourth-order valence-electron chi connectivity index (χ4n) is 3.05. The summed E-state index contributed by atoms with van der Waals surface area (Å²) in [6.07, 6.45) is 1.56. The molecule has 10 heteroatoms. The maximum absolute atomic E-state index is 12.3. The molecule has 0 fully saturated rings. The minimum atomic E-state index is -3.55. The maximum atomic E-state index is 12.3. The van der Waals surface area contributed by atoms with E-state index in [4.69, 9.17) is 25.8 Å². The van der Waals surface area contributed by atoms with E-state index in [1.165, 1.54) is 11.4 Å². The monoisotopic (exact) mass is 454 g/mol. The Morgan fingerprint density at radius 3 is 2.60 bits per heavy atom. The third kappa shape index (κ3) is 5.48. The lowest BCUT2D eigenvalue weighted by atomic mass is 10.2. The van der Waals surface area contributed by atoms with Gasteiger partial charge in [0.2, 0.25) is 15.9 Å². The van der Waals surface area contributed by atoms with Crippen LogP contribution < -0.4 is 23.8 Å². The predicted octanol–water partition coefficient (Wildman–Crippen LogP) is 3.30. The molecule has 0 aliphatic carbocycles. The van der Waals surface area contributed by atoms with Crippen molar-refractivity contribution in [1.29, 1.82) is 0 Å². The Morgan fingerprint density at radius 2 is 1.90 bits per heavy atom. The molecule has 8 nitrogen and oxygen atoms in total. The molecule has 1 aliphatic heterocycles. The molecular formula is C20H23ClN2O6S. The van der Waals surface area contributed by atoms with Gasteiger partial charge in [0.15, 0.2) is 11.5 Å². The maximum Gasteiger partial charge on any atom is 0.232 e. The minimum Gasteiger partial charge on any atom is -0.495 e. The summed E-state index contributed by atoms with van der Waals surface area (Å²) in [5.41, 5.74) is 0.917. The fourth-order valence-corrected chi connectivity index (χ4v) is 4.18. The van der Waals surface area contributed by atoms with Crippen molar-refractivity contribution in [3.05, 3.63) is 41.4 Å². The Balaban J connectivity index is 1.65. The molecule has 0 unspecified atom stereocenters. The van der Waals surface area contributed by atoms with E-state index in [0.29, 0.717) is 53.3 Å². The van der Waals surface area contributed by atoms with Gasteiger partial charge in [-0.2, -0.15) is 0 Å². The van der Waals surface area contributed by atoms with Gasteiger partial charge in [-0.15, -0.1) is 0 Å². The largest absolute Gasteiger partial charge is 0.495 e. The Bertz CT molecular complexity index is 1030. The van der Waals surface area contributed by atoms with E-state index in [9.17, 15) is 13.2 Å². The second-order valence-corrected chi connectivity index (χ2v) is 9.00. The molecule has 2 aromatic rings. The van der Waals surface area contributed by atoms with E-state index in [-0.39, 0.29) is 18.9 Å². The third-order valence-electron chi connectivity index (χ3n) is 4.41. The highest BCUT2D eigenvalue weighted by molar-refractivity contribution is 7.92. The quantitative estimate of drug-likeness (QED) is 0.657. The zero-order chi connectivity index (χ0) is 21.7. The van der Waals surface area contributed by atoms with Crippen LogP contribution in [0.1, 0.15) is 12.8 Å². The summed E-state index contributed by atoms with van der Waals surface area (Å²) in [6, 6.07) is 9.88. The van der Waals surface area contributed by atoms with E-state index in [0.717, 1.165) is 6.26 Å². The van der Waals surface area contributed by atoms with E-state index in [1.807, 2.05) is 0 Å². The van der Waals surface area contributed by atoms with Crippen molar-refractivity contribution < 1.29 is 27.4 Å². The summed E-state index contributed by atoms with van der Waals surface area (Å²) in [4.78, 5) is 12.3. The number of hydrogen-bond acceptors (Lipinski definition) is 6. The van der Waals surface area contributed by atoms with Gasteiger partial charge >= 0.3 is 0 Å². The molecular weight excluding hydrogens is 432 g/mol. The Morgan fingerprint density at radius 1 is 1.17 bits per heavy atom. The van der Waals surface area contributed by atoms with Gasteiger partial charge in [-0.1, -0.05) is 11.6 Å². The number of nitrogens with one attached hydrogen (secondary N) is 1. The minimum absolute atomic E-state index is 0.117. The highest BCUT2D eigenvalue weighted by Gasteiger charge is 2.21. The lowest BCUT2D eigenvalue weighted by Gasteiger charge is -2.25. The van der Waals surface area contributed by atoms with Gasteiger partial charge < -0.3 is 19.5 Å². The van der Waals surface area contributed by atoms with Gasteiger partial charge in [0.1, 0.15) is 19.0 Å². The number of methoxy groups -OCH3 is 1. The van der Waals surface area contributed by atoms with Crippen LogP contribution in [-0.4, -0.2) is 47.4 Å². The van der Waals surface area contributed by atoms with Crippen LogP contribution in [0.2, 0.25) is 5.02 Å². The topological polar surface area (TPSA) is 94.2 Å². The van der Waals surface area contributed by atoms with Gasteiger partial charge in [0, 0.05) is 24.1 Å². The fraction of sp³-hybridized carbons (Fsp3) is 0.350. The van der Waals surface area contributed by atoms with Crippen molar-refractivity contribution in [2.75, 3.05) is 42.7 Å². The average Bonchev–Trinajstić information content (AvgIpc) is 2.70. The molecule has 3 rings (SSSR count). The van der Waals surface area contributed by atoms with Gasteiger partial charge in [-0.05, 0) is 36.8 Å². The number of nitrogens with zero attached hydrogens (tertiary/aromatic N) is 1. The first-order chi connectivity index (χ1) is 14.3. The number of fused-ring (bicyclic) bond motifs is 1. The Hall–Kier alpha value is -2.65. The average molecular weight is 455 g/mol. The number of sulfonamides is 1. The van der Waals surface area contributed by atoms with Crippen molar-refractivity contribution in [1.82, 2.24) is 0 Å². The molecule has 1 N–H and O–H groups in total. The zero-order valence-corrected chi connectivity index (χ0v) is 18.3. The Labute approximate surface area is 180 Å². The smallest absolute Gasteiger partial charge is 0.232 e. The molecule has 30 heavy (non-hydrogen) atoms. The summed E-state index contributed by atoms with van der Waals surface area (Å²) >= 11 is 5.97. The van der Waals surface area contributed by atoms with E-state index >= 15 is 0 Å². The lowest BCUT2D eigenvalue weighted by Crippen LogP contribution is -2.31. The number of benzene rings is 2. The molecule has 162 valence electrons. The molecule has 0 atom stereocenters. The third-order valence-corrected chi connectivity index (χ3v) is 5.84. The zero-order valence-electron chi connectivity index (χ0n) is 16.7. The first-order valence-corrected chi connectivity index (χ1v) is 11.5. The summed E-state index contributed by atoms with van der Waals surface area (Å²) in [5.74, 6) is 1.29. The Kier molecular flexibility index (Phi) is 6.94. The standard InChI is InChI=1S/C20H23ClN2O6S/c1-27-17-7-5-14(21)12-16(17)22-20(24)4-3-9-23(30(2,25)26)15-6-8-18-19(13-15)29-11-10-28-18/h5-8,12-13H,3-4,9-11H2,1-2H3,(H,22,24). The number of halogens is 1. The molecule has 1 aliphatic rings. The lowest BCUT2D eigenvalue weighted by molar-refractivity contribution is -0.116. The van der Waals surface area contributed by atoms with Crippen molar-refractivity contribution in [2.45, 2.75) is 12.8 Å². The van der Waals surface area contributed by atoms with E-state index in [2.05, 4.69) is 5.32 Å². The van der Waals surface area contributed by atoms with Crippen LogP contribution >= 0.6 is 11.6 Å². The molecule has 0 radical (unpaired) electrons. The number of hydrogen-bond donors (Lipinski definition) is 1. The van der Waals surface area contributed by atoms with Crippen molar-refractivity contribution >= 4 is 38.9 Å². The highest BCUT2D eigenvalue weighted by Crippen LogP contribution is 2.35. The van der Waals surface area contributed by atoms with Gasteiger partial charge in [0.25, 0.3) is 0 Å². The number of ether oxygens (including phenoxy) is 3. The van der Waals surface area contributed by atoms with Crippen LogP contribution in [0.15, 0.2) is 36.4 Å². The summed E-state index contributed by atoms with van der Waals surface area (Å²) in [5, 5.41) is 3.21. The second kappa shape index (κ2) is 9.44. The molecule has 0 saturated heterocycles.